The molecule has 0 N–H and O–H groups in total. The van der Waals surface area contributed by atoms with Crippen LogP contribution in [-0.4, -0.2) is 17.4 Å². The Kier molecular flexibility index (Phi) is 4.41. The fourth-order valence-electron chi connectivity index (χ4n) is 3.11. The molecule has 7 nitrogen and oxygen atoms in total. The normalized spacial score (nSPS) is 14.9. The number of fused-ring (bicyclic) bond motifs is 1. The van der Waals surface area contributed by atoms with Crippen LogP contribution in [0.5, 0.6) is 0 Å². The van der Waals surface area contributed by atoms with Crippen molar-refractivity contribution in [1.29, 1.82) is 5.26 Å². The van der Waals surface area contributed by atoms with Crippen LogP contribution in [0, 0.1) is 11.3 Å². The number of carbonyl (C=O) groups is 2. The second kappa shape index (κ2) is 6.78. The average Bonchev–Trinajstić information content (AvgIpc) is 3.41. The van der Waals surface area contributed by atoms with Crippen LogP contribution in [-0.2, 0) is 17.8 Å². The third-order valence-corrected chi connectivity index (χ3v) is 5.64. The number of anilines is 1. The smallest absolute Gasteiger partial charge is 0.301 e. The van der Waals surface area contributed by atoms with Crippen LogP contribution >= 0.6 is 11.3 Å². The van der Waals surface area contributed by atoms with Gasteiger partial charge in [-0.15, -0.1) is 11.3 Å². The molecule has 0 atom stereocenters. The maximum absolute atomic E-state index is 13.1. The van der Waals surface area contributed by atoms with E-state index in [0.29, 0.717) is 18.6 Å². The van der Waals surface area contributed by atoms with Crippen LogP contribution in [0.2, 0.25) is 0 Å². The van der Waals surface area contributed by atoms with E-state index in [0.717, 1.165) is 15.3 Å². The highest BCUT2D eigenvalue weighted by molar-refractivity contribution is 7.17. The molecule has 0 saturated heterocycles. The lowest BCUT2D eigenvalue weighted by molar-refractivity contribution is -0.0383. The number of nitriles is 1. The molecular weight excluding hydrogens is 380 g/mol. The summed E-state index contributed by atoms with van der Waals surface area (Å²) in [5.41, 5.74) is 0.678. The lowest BCUT2D eigenvalue weighted by atomic mass is 9.93. The molecule has 0 fully saturated rings. The monoisotopic (exact) mass is 396 g/mol. The van der Waals surface area contributed by atoms with Gasteiger partial charge in [0.25, 0.3) is 0 Å². The number of thiophene rings is 1. The molecule has 28 heavy (non-hydrogen) atoms. The first kappa shape index (κ1) is 18.2. The maximum Gasteiger partial charge on any atom is 0.301 e. The van der Waals surface area contributed by atoms with Gasteiger partial charge < -0.3 is 13.6 Å². The predicted octanol–water partition coefficient (Wildman–Crippen LogP) is 4.14. The first-order valence-corrected chi connectivity index (χ1v) is 9.37. The first-order valence-electron chi connectivity index (χ1n) is 8.55. The second-order valence-electron chi connectivity index (χ2n) is 6.92. The highest BCUT2D eigenvalue weighted by Crippen LogP contribution is 2.42. The maximum atomic E-state index is 13.1. The Morgan fingerprint density at radius 2 is 1.75 bits per heavy atom. The summed E-state index contributed by atoms with van der Waals surface area (Å²) in [6.45, 7) is 4.20. The minimum Gasteiger partial charge on any atom is -0.459 e. The van der Waals surface area contributed by atoms with E-state index in [1.165, 1.54) is 36.0 Å². The number of amides is 2. The van der Waals surface area contributed by atoms with Crippen molar-refractivity contribution >= 4 is 28.2 Å². The second-order valence-corrected chi connectivity index (χ2v) is 8.00. The number of hydrogen-bond acceptors (Lipinski definition) is 7. The fourth-order valence-corrected chi connectivity index (χ4v) is 4.29. The summed E-state index contributed by atoms with van der Waals surface area (Å²) in [5.74, 6) is -1.35. The fraction of sp³-hybridized carbons (Fsp3) is 0.250. The number of rotatable bonds is 3. The molecular formula is C20H16N2O5S. The van der Waals surface area contributed by atoms with Crippen LogP contribution < -0.4 is 4.90 Å². The largest absolute Gasteiger partial charge is 0.459 e. The van der Waals surface area contributed by atoms with Crippen LogP contribution in [0.25, 0.3) is 0 Å². The molecule has 0 saturated carbocycles. The number of ether oxygens (including phenoxy) is 1. The Balaban J connectivity index is 1.86. The van der Waals surface area contributed by atoms with Gasteiger partial charge in [0.1, 0.15) is 11.1 Å². The van der Waals surface area contributed by atoms with Crippen molar-refractivity contribution < 1.29 is 23.2 Å². The van der Waals surface area contributed by atoms with E-state index in [4.69, 9.17) is 13.6 Å². The molecule has 4 rings (SSSR count). The standard InChI is InChI=1S/C20H16N2O5S/c1-20(2)9-12-13(10-21)19(28-16(12)11-27-20)22(17(23)14-5-3-7-25-14)18(24)15-6-4-8-26-15/h3-8H,9,11H2,1-2H3. The molecule has 0 aromatic carbocycles. The molecule has 3 aromatic rings. The Labute approximate surface area is 164 Å². The lowest BCUT2D eigenvalue weighted by Gasteiger charge is -2.29. The average molecular weight is 396 g/mol. The van der Waals surface area contributed by atoms with Crippen molar-refractivity contribution in [1.82, 2.24) is 0 Å². The van der Waals surface area contributed by atoms with Crippen LogP contribution in [0.3, 0.4) is 0 Å². The highest BCUT2D eigenvalue weighted by atomic mass is 32.1. The molecule has 0 radical (unpaired) electrons. The van der Waals surface area contributed by atoms with Crippen molar-refractivity contribution in [2.45, 2.75) is 32.5 Å². The van der Waals surface area contributed by atoms with Gasteiger partial charge in [0, 0.05) is 11.3 Å². The minimum absolute atomic E-state index is 0.00764. The predicted molar refractivity (Wildman–Crippen MR) is 100 cm³/mol. The summed E-state index contributed by atoms with van der Waals surface area (Å²) in [7, 11) is 0. The Bertz CT molecular complexity index is 1020. The number of hydrogen-bond donors (Lipinski definition) is 0. The third kappa shape index (κ3) is 3.05. The van der Waals surface area contributed by atoms with E-state index >= 15 is 0 Å². The zero-order valence-electron chi connectivity index (χ0n) is 15.2. The zero-order chi connectivity index (χ0) is 19.9. The van der Waals surface area contributed by atoms with E-state index < -0.39 is 17.4 Å². The van der Waals surface area contributed by atoms with Gasteiger partial charge in [0.05, 0.1) is 30.3 Å². The first-order chi connectivity index (χ1) is 13.4. The van der Waals surface area contributed by atoms with Crippen molar-refractivity contribution in [3.8, 4) is 6.07 Å². The van der Waals surface area contributed by atoms with Gasteiger partial charge in [-0.2, -0.15) is 5.26 Å². The number of furan rings is 2. The van der Waals surface area contributed by atoms with Crippen molar-refractivity contribution in [3.63, 3.8) is 0 Å². The molecule has 0 bridgehead atoms. The Morgan fingerprint density at radius 3 is 2.25 bits per heavy atom. The summed E-state index contributed by atoms with van der Waals surface area (Å²) in [6, 6.07) is 8.23. The molecule has 142 valence electrons. The summed E-state index contributed by atoms with van der Waals surface area (Å²) in [6.07, 6.45) is 3.22. The van der Waals surface area contributed by atoms with Crippen LogP contribution in [0.15, 0.2) is 45.6 Å². The Morgan fingerprint density at radius 1 is 1.14 bits per heavy atom. The number of carbonyl (C=O) groups excluding carboxylic acids is 2. The Hall–Kier alpha value is -3.15. The van der Waals surface area contributed by atoms with Crippen LogP contribution in [0.1, 0.15) is 51.0 Å². The van der Waals surface area contributed by atoms with Gasteiger partial charge in [-0.3, -0.25) is 9.59 Å². The third-order valence-electron chi connectivity index (χ3n) is 4.45. The van der Waals surface area contributed by atoms with Crippen molar-refractivity contribution in [3.05, 3.63) is 64.3 Å². The van der Waals surface area contributed by atoms with Crippen LogP contribution in [0.4, 0.5) is 5.00 Å². The quantitative estimate of drug-likeness (QED) is 0.617. The van der Waals surface area contributed by atoms with E-state index in [1.807, 2.05) is 13.8 Å². The lowest BCUT2D eigenvalue weighted by Crippen LogP contribution is -2.36. The molecule has 0 unspecified atom stereocenters. The summed E-state index contributed by atoms with van der Waals surface area (Å²) < 4.78 is 16.2. The molecule has 3 aromatic heterocycles. The molecule has 8 heteroatoms. The van der Waals surface area contributed by atoms with E-state index in [-0.39, 0.29) is 16.5 Å². The number of nitrogens with zero attached hydrogens (tertiary/aromatic N) is 2. The molecule has 4 heterocycles. The van der Waals surface area contributed by atoms with Gasteiger partial charge in [-0.25, -0.2) is 4.90 Å². The van der Waals surface area contributed by atoms with Gasteiger partial charge in [0.2, 0.25) is 0 Å². The van der Waals surface area contributed by atoms with E-state index in [1.54, 1.807) is 12.1 Å². The molecule has 0 spiro atoms. The molecule has 2 amide bonds. The molecule has 0 aliphatic carbocycles. The molecule has 1 aliphatic heterocycles. The summed E-state index contributed by atoms with van der Waals surface area (Å²) in [5, 5.41) is 10.1. The van der Waals surface area contributed by atoms with Gasteiger partial charge in [-0.1, -0.05) is 0 Å². The zero-order valence-corrected chi connectivity index (χ0v) is 16.0. The van der Waals surface area contributed by atoms with Gasteiger partial charge in [-0.05, 0) is 43.7 Å². The topological polar surface area (TPSA) is 96.7 Å². The van der Waals surface area contributed by atoms with E-state index in [9.17, 15) is 14.9 Å². The van der Waals surface area contributed by atoms with Gasteiger partial charge >= 0.3 is 11.8 Å². The summed E-state index contributed by atoms with van der Waals surface area (Å²) >= 11 is 1.20. The van der Waals surface area contributed by atoms with Crippen molar-refractivity contribution in [2.75, 3.05) is 4.90 Å². The summed E-state index contributed by atoms with van der Waals surface area (Å²) in [4.78, 5) is 28.0. The number of imide groups is 1. The van der Waals surface area contributed by atoms with Crippen molar-refractivity contribution in [2.24, 2.45) is 0 Å². The molecule has 1 aliphatic rings. The van der Waals surface area contributed by atoms with E-state index in [2.05, 4.69) is 6.07 Å². The highest BCUT2D eigenvalue weighted by Gasteiger charge is 2.37. The minimum atomic E-state index is -0.665. The SMILES string of the molecule is CC1(C)Cc2c(sc(N(C(=O)c3ccco3)C(=O)c3ccco3)c2C#N)CO1. The van der Waals surface area contributed by atoms with Gasteiger partial charge in [0.15, 0.2) is 11.5 Å².